The van der Waals surface area contributed by atoms with Gasteiger partial charge < -0.3 is 19.1 Å². The van der Waals surface area contributed by atoms with Crippen molar-refractivity contribution in [2.24, 2.45) is 5.92 Å². The lowest BCUT2D eigenvalue weighted by Gasteiger charge is -2.33. The largest absolute Gasteiger partial charge is 0.496 e. The zero-order valence-corrected chi connectivity index (χ0v) is 27.8. The van der Waals surface area contributed by atoms with Crippen LogP contribution >= 0.6 is 11.6 Å². The maximum absolute atomic E-state index is 14.7. The number of benzene rings is 2. The second kappa shape index (κ2) is 13.3. The first-order valence-corrected chi connectivity index (χ1v) is 15.8. The van der Waals surface area contributed by atoms with Gasteiger partial charge in [-0.25, -0.2) is 0 Å². The van der Waals surface area contributed by atoms with Crippen LogP contribution in [0.25, 0.3) is 5.69 Å². The summed E-state index contributed by atoms with van der Waals surface area (Å²) >= 11 is 5.44. The minimum atomic E-state index is -4.77. The minimum Gasteiger partial charge on any atom is -0.496 e. The van der Waals surface area contributed by atoms with E-state index >= 15 is 0 Å². The second-order valence-corrected chi connectivity index (χ2v) is 13.5. The lowest BCUT2D eigenvalue weighted by molar-refractivity contribution is -0.156. The number of carbonyl (C=O) groups excluding carboxylic acids is 2. The maximum atomic E-state index is 14.7. The predicted octanol–water partition coefficient (Wildman–Crippen LogP) is 7.41. The summed E-state index contributed by atoms with van der Waals surface area (Å²) in [5.74, 6) is -1.55. The zero-order chi connectivity index (χ0) is 35.2. The number of halogens is 6. The van der Waals surface area contributed by atoms with Gasteiger partial charge in [0, 0.05) is 25.1 Å². The quantitative estimate of drug-likeness (QED) is 0.144. The Bertz CT molecular complexity index is 1680. The van der Waals surface area contributed by atoms with E-state index in [1.165, 1.54) is 7.11 Å². The summed E-state index contributed by atoms with van der Waals surface area (Å²) in [7, 11) is 1.43. The van der Waals surface area contributed by atoms with E-state index < -0.39 is 46.7 Å². The molecule has 1 saturated heterocycles. The van der Waals surface area contributed by atoms with Crippen LogP contribution in [0.1, 0.15) is 92.6 Å². The maximum Gasteiger partial charge on any atom is 0.416 e. The lowest BCUT2D eigenvalue weighted by Crippen LogP contribution is -2.40. The van der Waals surface area contributed by atoms with Gasteiger partial charge in [0.15, 0.2) is 5.82 Å². The number of hydrogen-bond donors (Lipinski definition) is 0. The van der Waals surface area contributed by atoms with Crippen molar-refractivity contribution in [3.63, 3.8) is 0 Å². The Kier molecular flexibility index (Phi) is 9.81. The van der Waals surface area contributed by atoms with Crippen LogP contribution in [0, 0.1) is 12.8 Å². The predicted molar refractivity (Wildman–Crippen MR) is 164 cm³/mol. The lowest BCUT2D eigenvalue weighted by atomic mass is 9.93. The number of amides is 1. The van der Waals surface area contributed by atoms with Gasteiger partial charge >= 0.3 is 17.5 Å². The summed E-state index contributed by atoms with van der Waals surface area (Å²) in [4.78, 5) is 27.7. The second-order valence-electron chi connectivity index (χ2n) is 13.0. The Morgan fingerprint density at radius 1 is 1.00 bits per heavy atom. The van der Waals surface area contributed by atoms with Crippen LogP contribution in [0.5, 0.6) is 5.75 Å². The van der Waals surface area contributed by atoms with Crippen LogP contribution in [0.3, 0.4) is 0 Å². The molecule has 48 heavy (non-hydrogen) atoms. The van der Waals surface area contributed by atoms with Crippen molar-refractivity contribution in [2.75, 3.05) is 20.2 Å². The Hall–Kier alpha value is -3.78. The molecule has 1 aromatic heterocycles. The van der Waals surface area contributed by atoms with Gasteiger partial charge in [-0.2, -0.15) is 22.0 Å². The summed E-state index contributed by atoms with van der Waals surface area (Å²) in [5.41, 5.74) is -0.937. The first-order chi connectivity index (χ1) is 22.4. The van der Waals surface area contributed by atoms with Crippen LogP contribution in [0.15, 0.2) is 36.4 Å². The molecule has 5 rings (SSSR count). The van der Waals surface area contributed by atoms with E-state index in [1.54, 1.807) is 50.8 Å². The number of rotatable bonds is 7. The van der Waals surface area contributed by atoms with Gasteiger partial charge in [-0.3, -0.25) is 14.2 Å². The number of carbonyl (C=O) groups is 2. The number of esters is 1. The minimum absolute atomic E-state index is 0.00684. The monoisotopic (exact) mass is 698 g/mol. The number of hydrogen-bond acceptors (Lipinski definition) is 7. The SMILES string of the molecule is COc1cccc([C@H]2O[C@H](CC(=O)N3CCC(CC(=O)OC(C)(C)C)CC3)c3nnc(C(F)(F)Cl)n3-c3ccc(C(F)(F)F)cc32)c1C. The standard InChI is InChI=1S/C33H36ClF5N4O5/c1-18-21(7-6-8-24(18)46-5)28-22-16-20(33(37,38)39)9-10-23(22)43-29(40-41-30(43)32(34,35)36)25(47-28)17-26(44)42-13-11-19(12-14-42)15-27(45)48-31(2,3)4/h6-10,16,19,25,28H,11-15,17H2,1-5H3/t25-,28-/m1/s1. The van der Waals surface area contributed by atoms with Gasteiger partial charge in [-0.1, -0.05) is 12.1 Å². The highest BCUT2D eigenvalue weighted by Crippen LogP contribution is 2.46. The molecule has 2 aliphatic heterocycles. The van der Waals surface area contributed by atoms with Gasteiger partial charge in [0.05, 0.1) is 24.8 Å². The smallest absolute Gasteiger partial charge is 0.416 e. The number of piperidine rings is 1. The molecule has 0 saturated carbocycles. The van der Waals surface area contributed by atoms with Crippen LogP contribution in [-0.4, -0.2) is 57.3 Å². The molecule has 0 spiro atoms. The third kappa shape index (κ3) is 7.59. The van der Waals surface area contributed by atoms with Crippen molar-refractivity contribution in [1.82, 2.24) is 19.7 Å². The van der Waals surface area contributed by atoms with Crippen molar-refractivity contribution >= 4 is 23.5 Å². The Morgan fingerprint density at radius 2 is 1.69 bits per heavy atom. The van der Waals surface area contributed by atoms with Crippen LogP contribution in [0.2, 0.25) is 0 Å². The molecule has 0 bridgehead atoms. The molecule has 0 aliphatic carbocycles. The molecule has 15 heteroatoms. The van der Waals surface area contributed by atoms with Crippen LogP contribution in [-0.2, 0) is 30.6 Å². The van der Waals surface area contributed by atoms with E-state index in [4.69, 9.17) is 25.8 Å². The highest BCUT2D eigenvalue weighted by Gasteiger charge is 2.43. The topological polar surface area (TPSA) is 95.8 Å². The number of fused-ring (bicyclic) bond motifs is 3. The molecule has 1 fully saturated rings. The molecular weight excluding hydrogens is 663 g/mol. The van der Waals surface area contributed by atoms with E-state index in [0.29, 0.717) is 42.8 Å². The van der Waals surface area contributed by atoms with E-state index in [-0.39, 0.29) is 41.8 Å². The number of ether oxygens (including phenoxy) is 3. The van der Waals surface area contributed by atoms with Crippen molar-refractivity contribution in [1.29, 1.82) is 0 Å². The molecule has 0 N–H and O–H groups in total. The summed E-state index contributed by atoms with van der Waals surface area (Å²) in [6.45, 7) is 7.69. The van der Waals surface area contributed by atoms with E-state index in [2.05, 4.69) is 10.2 Å². The molecule has 0 radical (unpaired) electrons. The zero-order valence-electron chi connectivity index (χ0n) is 27.0. The van der Waals surface area contributed by atoms with Gasteiger partial charge in [0.25, 0.3) is 0 Å². The molecule has 2 atom stereocenters. The van der Waals surface area contributed by atoms with Gasteiger partial charge in [-0.05, 0) is 93.4 Å². The first kappa shape index (κ1) is 35.5. The molecule has 2 aliphatic rings. The molecule has 0 unspecified atom stereocenters. The average molecular weight is 699 g/mol. The summed E-state index contributed by atoms with van der Waals surface area (Å²) in [6.07, 6.45) is -6.47. The molecule has 2 aromatic carbocycles. The Labute approximate surface area is 279 Å². The van der Waals surface area contributed by atoms with E-state index in [1.807, 2.05) is 0 Å². The summed E-state index contributed by atoms with van der Waals surface area (Å²) in [5, 5.41) is 3.47. The van der Waals surface area contributed by atoms with Gasteiger partial charge in [-0.15, -0.1) is 10.2 Å². The highest BCUT2D eigenvalue weighted by atomic mass is 35.5. The fraction of sp³-hybridized carbons (Fsp3) is 0.515. The summed E-state index contributed by atoms with van der Waals surface area (Å²) < 4.78 is 89.7. The molecule has 9 nitrogen and oxygen atoms in total. The normalized spacial score (nSPS) is 18.9. The van der Waals surface area contributed by atoms with E-state index in [0.717, 1.165) is 22.8 Å². The van der Waals surface area contributed by atoms with E-state index in [9.17, 15) is 31.5 Å². The van der Waals surface area contributed by atoms with Crippen LogP contribution in [0.4, 0.5) is 22.0 Å². The molecule has 260 valence electrons. The number of nitrogens with zero attached hydrogens (tertiary/aromatic N) is 4. The number of aromatic nitrogens is 3. The number of likely N-dealkylation sites (tertiary alicyclic amines) is 1. The highest BCUT2D eigenvalue weighted by molar-refractivity contribution is 6.21. The molecular formula is C33H36ClF5N4O5. The average Bonchev–Trinajstić information content (AvgIpc) is 3.39. The number of alkyl halides is 6. The Morgan fingerprint density at radius 3 is 2.29 bits per heavy atom. The van der Waals surface area contributed by atoms with Crippen molar-refractivity contribution in [3.8, 4) is 11.4 Å². The third-order valence-corrected chi connectivity index (χ3v) is 8.61. The van der Waals surface area contributed by atoms with Crippen molar-refractivity contribution in [3.05, 3.63) is 70.3 Å². The van der Waals surface area contributed by atoms with Crippen molar-refractivity contribution in [2.45, 2.75) is 82.7 Å². The molecule has 1 amide bonds. The summed E-state index contributed by atoms with van der Waals surface area (Å²) in [6, 6.07) is 7.56. The van der Waals surface area contributed by atoms with Gasteiger partial charge in [0.2, 0.25) is 11.7 Å². The van der Waals surface area contributed by atoms with Crippen LogP contribution < -0.4 is 4.74 Å². The third-order valence-electron chi connectivity index (χ3n) is 8.44. The molecule has 3 aromatic rings. The Balaban J connectivity index is 1.52. The fourth-order valence-corrected chi connectivity index (χ4v) is 6.30. The van der Waals surface area contributed by atoms with Crippen molar-refractivity contribution < 1.29 is 45.8 Å². The molecule has 3 heterocycles. The van der Waals surface area contributed by atoms with Gasteiger partial charge in [0.1, 0.15) is 23.6 Å². The number of methoxy groups -OCH3 is 1. The fourth-order valence-electron chi connectivity index (χ4n) is 6.18. The first-order valence-electron chi connectivity index (χ1n) is 15.4.